The molecule has 3 aliphatic rings. The highest BCUT2D eigenvalue weighted by molar-refractivity contribution is 5.90. The Morgan fingerprint density at radius 2 is 0.819 bits per heavy atom. The first-order valence-corrected chi connectivity index (χ1v) is 33.2. The highest BCUT2D eigenvalue weighted by Crippen LogP contribution is 2.33. The maximum absolute atomic E-state index is 13.8. The van der Waals surface area contributed by atoms with Crippen LogP contribution in [0.3, 0.4) is 0 Å². The molecule has 8 N–H and O–H groups in total. The standard InChI is InChI=1S/C63H98N8O34/c1-33(72)68-52-57(101-42(10)81)54(98-39(7)78)47(30-94-37(5)76)104-61(52)91-24-21-88-18-15-65-49(84)27-71(28-50(85)66-16-19-90-23-26-97-63(70-35(3)74)32-96-46(29-93-36(4)75)56(100-41(9)80)59(63)103-44(12)83)51(86)14-13-45(64)60(87)67-17-20-89-22-25-92-62-53(69-34(2)73)58(102-43(11)82)55(99-40(8)79)48(105-62)31-95-38(6)77/h45-48,52-59,61-62H,13-32,64H2,1-12H3,(H,65,84)(H,66,85)(H,67,87)(H,68,72)(H,69,73)(H,70,74). The van der Waals surface area contributed by atoms with Crippen molar-refractivity contribution in [2.45, 2.75) is 187 Å². The quantitative estimate of drug-likeness (QED) is 0.0129. The van der Waals surface area contributed by atoms with E-state index in [0.29, 0.717) is 0 Å². The van der Waals surface area contributed by atoms with Crippen LogP contribution in [0.5, 0.6) is 0 Å². The van der Waals surface area contributed by atoms with Gasteiger partial charge in [0, 0.05) is 109 Å². The minimum atomic E-state index is -1.97. The first-order chi connectivity index (χ1) is 49.5. The molecule has 0 bridgehead atoms. The molecule has 0 aromatic carbocycles. The monoisotopic (exact) mass is 1510 g/mol. The highest BCUT2D eigenvalue weighted by atomic mass is 16.7. The van der Waals surface area contributed by atoms with Gasteiger partial charge in [-0.05, 0) is 6.42 Å². The predicted octanol–water partition coefficient (Wildman–Crippen LogP) is -5.66. The fourth-order valence-electron chi connectivity index (χ4n) is 10.5. The third kappa shape index (κ3) is 34.3. The summed E-state index contributed by atoms with van der Waals surface area (Å²) in [6.07, 6.45) is -15.6. The molecule has 0 saturated carbocycles. The van der Waals surface area contributed by atoms with Gasteiger partial charge in [0.05, 0.1) is 72.1 Å². The number of hydrogen-bond donors (Lipinski definition) is 7. The zero-order chi connectivity index (χ0) is 78.5. The van der Waals surface area contributed by atoms with Crippen LogP contribution in [0.2, 0.25) is 0 Å². The lowest BCUT2D eigenvalue weighted by molar-refractivity contribution is -0.279. The van der Waals surface area contributed by atoms with Gasteiger partial charge in [-0.25, -0.2) is 0 Å². The van der Waals surface area contributed by atoms with E-state index in [1.807, 2.05) is 0 Å². The minimum absolute atomic E-state index is 0.106. The third-order valence-corrected chi connectivity index (χ3v) is 14.5. The summed E-state index contributed by atoms with van der Waals surface area (Å²) in [4.78, 5) is 200. The first kappa shape index (κ1) is 90.3. The van der Waals surface area contributed by atoms with Gasteiger partial charge in [0.2, 0.25) is 47.1 Å². The summed E-state index contributed by atoms with van der Waals surface area (Å²) in [5.74, 6) is -12.0. The average molecular weight is 1510 g/mol. The molecule has 3 saturated heterocycles. The molecule has 15 unspecified atom stereocenters. The summed E-state index contributed by atoms with van der Waals surface area (Å²) in [6.45, 7) is 7.82. The summed E-state index contributed by atoms with van der Waals surface area (Å²) >= 11 is 0. The molecule has 594 valence electrons. The van der Waals surface area contributed by atoms with E-state index < -0.39 is 232 Å². The highest BCUT2D eigenvalue weighted by Gasteiger charge is 2.57. The topological polar surface area (TPSA) is 541 Å². The van der Waals surface area contributed by atoms with E-state index in [2.05, 4.69) is 31.9 Å². The molecular formula is C63H98N8O34. The zero-order valence-electron chi connectivity index (χ0n) is 60.6. The number of amides is 7. The van der Waals surface area contributed by atoms with E-state index in [1.165, 1.54) is 6.92 Å². The van der Waals surface area contributed by atoms with Gasteiger partial charge in [-0.2, -0.15) is 0 Å². The van der Waals surface area contributed by atoms with Gasteiger partial charge in [0.15, 0.2) is 49.2 Å². The molecule has 3 rings (SSSR count). The molecule has 3 aliphatic heterocycles. The van der Waals surface area contributed by atoms with Gasteiger partial charge in [-0.15, -0.1) is 0 Å². The molecule has 0 aromatic heterocycles. The molecule has 0 aliphatic carbocycles. The lowest BCUT2D eigenvalue weighted by Gasteiger charge is -2.48. The molecular weight excluding hydrogens is 1410 g/mol. The Morgan fingerprint density at radius 1 is 0.438 bits per heavy atom. The molecule has 0 radical (unpaired) electrons. The van der Waals surface area contributed by atoms with Crippen LogP contribution in [0.1, 0.15) is 95.9 Å². The van der Waals surface area contributed by atoms with Crippen molar-refractivity contribution < 1.29 is 162 Å². The lowest BCUT2D eigenvalue weighted by atomic mass is 9.93. The van der Waals surface area contributed by atoms with Crippen LogP contribution in [0.25, 0.3) is 0 Å². The van der Waals surface area contributed by atoms with Crippen molar-refractivity contribution in [1.29, 1.82) is 0 Å². The van der Waals surface area contributed by atoms with Crippen molar-refractivity contribution in [1.82, 2.24) is 36.8 Å². The van der Waals surface area contributed by atoms with Crippen LogP contribution in [-0.2, 0) is 162 Å². The second-order valence-electron chi connectivity index (χ2n) is 23.6. The lowest BCUT2D eigenvalue weighted by Crippen LogP contribution is -2.72. The van der Waals surface area contributed by atoms with Crippen LogP contribution in [0, 0.1) is 0 Å². The largest absolute Gasteiger partial charge is 0.463 e. The molecule has 0 aromatic rings. The Morgan fingerprint density at radius 3 is 1.21 bits per heavy atom. The number of carbonyl (C=O) groups excluding carboxylic acids is 16. The maximum atomic E-state index is 13.8. The van der Waals surface area contributed by atoms with Gasteiger partial charge >= 0.3 is 53.7 Å². The molecule has 3 fully saturated rings. The van der Waals surface area contributed by atoms with Crippen LogP contribution in [-0.4, -0.2) is 310 Å². The number of rotatable bonds is 44. The second-order valence-corrected chi connectivity index (χ2v) is 23.6. The van der Waals surface area contributed by atoms with E-state index in [-0.39, 0.29) is 85.5 Å². The Hall–Kier alpha value is -8.88. The molecule has 0 spiro atoms. The zero-order valence-corrected chi connectivity index (χ0v) is 60.6. The molecule has 42 nitrogen and oxygen atoms in total. The van der Waals surface area contributed by atoms with Gasteiger partial charge in [-0.3, -0.25) is 76.7 Å². The van der Waals surface area contributed by atoms with Crippen molar-refractivity contribution >= 4 is 95.1 Å². The summed E-state index contributed by atoms with van der Waals surface area (Å²) in [7, 11) is 0. The van der Waals surface area contributed by atoms with Gasteiger partial charge in [0.1, 0.15) is 63.3 Å². The Balaban J connectivity index is 1.67. The Labute approximate surface area is 603 Å². The van der Waals surface area contributed by atoms with Gasteiger partial charge in [0.25, 0.3) is 0 Å². The fraction of sp³-hybridized carbons (Fsp3) is 0.746. The van der Waals surface area contributed by atoms with E-state index in [9.17, 15) is 76.7 Å². The summed E-state index contributed by atoms with van der Waals surface area (Å²) in [6, 6.07) is -3.80. The predicted molar refractivity (Wildman–Crippen MR) is 345 cm³/mol. The van der Waals surface area contributed by atoms with Crippen LogP contribution >= 0.6 is 0 Å². The van der Waals surface area contributed by atoms with E-state index in [0.717, 1.165) is 81.1 Å². The Bertz CT molecular complexity index is 2960. The van der Waals surface area contributed by atoms with E-state index >= 15 is 0 Å². The van der Waals surface area contributed by atoms with Crippen molar-refractivity contribution in [3.8, 4) is 0 Å². The van der Waals surface area contributed by atoms with Crippen molar-refractivity contribution in [2.75, 3.05) is 119 Å². The molecule has 42 heteroatoms. The fourth-order valence-corrected chi connectivity index (χ4v) is 10.5. The average Bonchev–Trinajstić information content (AvgIpc) is 0.790. The van der Waals surface area contributed by atoms with Gasteiger partial charge < -0.3 is 128 Å². The molecule has 105 heavy (non-hydrogen) atoms. The number of ether oxygens (including phenoxy) is 18. The smallest absolute Gasteiger partial charge is 0.303 e. The van der Waals surface area contributed by atoms with Gasteiger partial charge in [-0.1, -0.05) is 0 Å². The van der Waals surface area contributed by atoms with Crippen molar-refractivity contribution in [3.05, 3.63) is 0 Å². The third-order valence-electron chi connectivity index (χ3n) is 14.5. The first-order valence-electron chi connectivity index (χ1n) is 33.2. The normalized spacial score (nSPS) is 24.2. The number of nitrogens with one attached hydrogen (secondary N) is 6. The molecule has 15 atom stereocenters. The molecule has 3 heterocycles. The van der Waals surface area contributed by atoms with Crippen LogP contribution in [0.4, 0.5) is 0 Å². The summed E-state index contributed by atoms with van der Waals surface area (Å²) in [5, 5.41) is 15.4. The SMILES string of the molecule is CC(=O)NC1C(OCCOCCNC(=O)CN(CC(=O)NCCOCCOC2(NC(C)=O)COC(COC(C)=O)C(OC(C)=O)C2OC(C)=O)C(=O)CCC(N)C(=O)NCCOCCOC2OC(COC(C)=O)C(OC(C)=O)C(OC(C)=O)C2NC(C)=O)OC(COC(C)=O)C(OC(C)=O)C1OC(C)=O. The molecule has 7 amide bonds. The number of carbonyl (C=O) groups is 16. The van der Waals surface area contributed by atoms with Crippen molar-refractivity contribution in [2.24, 2.45) is 5.73 Å². The van der Waals surface area contributed by atoms with Crippen LogP contribution in [0.15, 0.2) is 0 Å². The van der Waals surface area contributed by atoms with E-state index in [4.69, 9.17) is 91.0 Å². The number of esters is 9. The second kappa shape index (κ2) is 46.8. The minimum Gasteiger partial charge on any atom is -0.463 e. The van der Waals surface area contributed by atoms with E-state index in [1.54, 1.807) is 0 Å². The Kier molecular flexibility index (Phi) is 40.3. The number of nitrogens with zero attached hydrogens (tertiary/aromatic N) is 1. The summed E-state index contributed by atoms with van der Waals surface area (Å²) in [5.41, 5.74) is 4.20. The maximum Gasteiger partial charge on any atom is 0.303 e. The van der Waals surface area contributed by atoms with Crippen LogP contribution < -0.4 is 37.6 Å². The number of hydrogen-bond acceptors (Lipinski definition) is 35. The van der Waals surface area contributed by atoms with Crippen molar-refractivity contribution in [3.63, 3.8) is 0 Å². The summed E-state index contributed by atoms with van der Waals surface area (Å²) < 4.78 is 100. The number of nitrogens with two attached hydrogens (primary N) is 1.